The quantitative estimate of drug-likeness (QED) is 0.184. The summed E-state index contributed by atoms with van der Waals surface area (Å²) >= 11 is 0. The van der Waals surface area contributed by atoms with E-state index in [9.17, 15) is 9.59 Å². The summed E-state index contributed by atoms with van der Waals surface area (Å²) in [7, 11) is 0. The molecule has 5 saturated heterocycles. The summed E-state index contributed by atoms with van der Waals surface area (Å²) in [6.07, 6.45) is 29.2. The number of ether oxygens (including phenoxy) is 5. The van der Waals surface area contributed by atoms with E-state index >= 15 is 0 Å². The van der Waals surface area contributed by atoms with Crippen molar-refractivity contribution >= 4 is 11.9 Å². The van der Waals surface area contributed by atoms with Crippen molar-refractivity contribution < 1.29 is 33.3 Å². The number of carbonyl (C=O) groups is 2. The maximum absolute atomic E-state index is 11.7. The van der Waals surface area contributed by atoms with Crippen LogP contribution in [0.4, 0.5) is 0 Å². The minimum Gasteiger partial charge on any atom is -0.462 e. The molecule has 0 aromatic heterocycles. The van der Waals surface area contributed by atoms with Gasteiger partial charge in [-0.2, -0.15) is 0 Å². The van der Waals surface area contributed by atoms with Crippen molar-refractivity contribution in [2.45, 2.75) is 263 Å². The number of benzene rings is 4. The van der Waals surface area contributed by atoms with Gasteiger partial charge in [0.2, 0.25) is 0 Å². The minimum absolute atomic E-state index is 0.00828. The molecule has 11 aliphatic rings. The highest BCUT2D eigenvalue weighted by molar-refractivity contribution is 5.75. The van der Waals surface area contributed by atoms with Gasteiger partial charge in [-0.25, -0.2) is 0 Å². The number of hydrogen-bond acceptors (Lipinski definition) is 7. The Morgan fingerprint density at radius 1 is 0.360 bits per heavy atom. The summed E-state index contributed by atoms with van der Waals surface area (Å²) in [5.74, 6) is 7.42. The topological polar surface area (TPSA) is 80.3 Å². The van der Waals surface area contributed by atoms with Gasteiger partial charge in [0.15, 0.2) is 0 Å². The monoisotopic (exact) mass is 1210 g/mol. The third kappa shape index (κ3) is 15.0. The zero-order valence-corrected chi connectivity index (χ0v) is 56.8. The Balaban J connectivity index is 0.000000115. The Hall–Kier alpha value is -4.30. The van der Waals surface area contributed by atoms with Crippen molar-refractivity contribution in [2.75, 3.05) is 19.8 Å². The van der Waals surface area contributed by atoms with Crippen LogP contribution < -0.4 is 0 Å². The second-order valence-electron chi connectivity index (χ2n) is 32.6. The molecule has 0 amide bonds. The van der Waals surface area contributed by atoms with E-state index in [1.165, 1.54) is 144 Å². The van der Waals surface area contributed by atoms with E-state index in [2.05, 4.69) is 191 Å². The first kappa shape index (κ1) is 66.2. The number of esters is 2. The molecule has 7 heteroatoms. The molecule has 20 atom stereocenters. The SMILES string of the molecule is CC1C(=O)OC2CC(C)(C3CCCCC3)CCC21.CC1CC(=O)OC2CC(C)(c3ccccc3)CCC12.CC1CCOC2CC(C)(c3ccccc3)CCC12.CC1COC2CC(C)(c3ccccc3)CCC12.CC1COC2CC(C)(c3ccccc3)CC[C@@H]12. The van der Waals surface area contributed by atoms with E-state index in [0.717, 1.165) is 74.1 Å². The Morgan fingerprint density at radius 2 is 0.730 bits per heavy atom. The van der Waals surface area contributed by atoms with Crippen molar-refractivity contribution in [3.8, 4) is 0 Å². The van der Waals surface area contributed by atoms with E-state index in [-0.39, 0.29) is 35.5 Å². The van der Waals surface area contributed by atoms with Gasteiger partial charge in [0.1, 0.15) is 12.2 Å². The summed E-state index contributed by atoms with van der Waals surface area (Å²) in [4.78, 5) is 23.4. The van der Waals surface area contributed by atoms with Gasteiger partial charge < -0.3 is 23.7 Å². The number of rotatable bonds is 5. The van der Waals surface area contributed by atoms with E-state index in [1.54, 1.807) is 0 Å². The molecule has 0 N–H and O–H groups in total. The molecule has 486 valence electrons. The Kier molecular flexibility index (Phi) is 21.2. The number of fused-ring (bicyclic) bond motifs is 5. The lowest BCUT2D eigenvalue weighted by Gasteiger charge is -2.47. The van der Waals surface area contributed by atoms with Gasteiger partial charge >= 0.3 is 11.9 Å². The van der Waals surface area contributed by atoms with Crippen molar-refractivity contribution in [3.05, 3.63) is 144 Å². The molecule has 11 fully saturated rings. The van der Waals surface area contributed by atoms with Crippen LogP contribution >= 0.6 is 0 Å². The first-order valence-electron chi connectivity index (χ1n) is 36.2. The molecule has 6 aliphatic carbocycles. The minimum atomic E-state index is -0.00828. The van der Waals surface area contributed by atoms with Crippen molar-refractivity contribution in [3.63, 3.8) is 0 Å². The average molecular weight is 1210 g/mol. The lowest BCUT2D eigenvalue weighted by Crippen LogP contribution is -2.46. The molecular formula is C82H116O7. The highest BCUT2D eigenvalue weighted by Crippen LogP contribution is 2.55. The van der Waals surface area contributed by atoms with E-state index in [0.29, 0.717) is 64.1 Å². The van der Waals surface area contributed by atoms with Gasteiger partial charge in [-0.1, -0.05) is 210 Å². The van der Waals surface area contributed by atoms with Gasteiger partial charge in [0.25, 0.3) is 0 Å². The molecule has 6 saturated carbocycles. The highest BCUT2D eigenvalue weighted by Gasteiger charge is 2.52. The average Bonchev–Trinajstić information content (AvgIpc) is 2.77. The standard InChI is InChI=1S/C17H22O2.C17H24O.C16H26O2.2C16H22O/c1-12-10-16(18)19-15-11-17(2,9-8-14(12)15)13-6-4-3-5-7-13;1-13-9-11-18-16-12-17(2,10-8-15(13)16)14-6-4-3-5-7-14;1-11-13-8-9-16(2,10-14(13)18-15(11)17)12-6-4-3-5-7-12;2*1-12-11-17-15-10-16(2,9-8-14(12)15)13-6-4-3-5-7-13/h3-7,12,14-15H,8-11H2,1-2H3;3-7,13,15-16H,8-12H2,1-2H3;11-14H,3-10H2,1-2H3;2*3-7,12,14-15H,8-11H2,1-2H3/t;;;12?,14-,15?,16?;/m...0./s1. The van der Waals surface area contributed by atoms with Crippen molar-refractivity contribution in [2.24, 2.45) is 70.5 Å². The molecule has 15 rings (SSSR count). The lowest BCUT2D eigenvalue weighted by molar-refractivity contribution is -0.167. The summed E-state index contributed by atoms with van der Waals surface area (Å²) in [6, 6.07) is 43.6. The lowest BCUT2D eigenvalue weighted by atomic mass is 9.59. The molecule has 19 unspecified atom stereocenters. The van der Waals surface area contributed by atoms with Gasteiger partial charge in [0.05, 0.1) is 24.2 Å². The van der Waals surface area contributed by atoms with E-state index in [4.69, 9.17) is 23.7 Å². The van der Waals surface area contributed by atoms with Crippen LogP contribution in [0.1, 0.15) is 233 Å². The van der Waals surface area contributed by atoms with Crippen LogP contribution in [0, 0.1) is 70.5 Å². The Bertz CT molecular complexity index is 2800. The maximum Gasteiger partial charge on any atom is 0.309 e. The zero-order chi connectivity index (χ0) is 62.6. The summed E-state index contributed by atoms with van der Waals surface area (Å²) < 4.78 is 29.3. The van der Waals surface area contributed by atoms with Crippen LogP contribution in [-0.2, 0) is 54.9 Å². The van der Waals surface area contributed by atoms with Gasteiger partial charge in [-0.15, -0.1) is 0 Å². The molecule has 7 nitrogen and oxygen atoms in total. The zero-order valence-electron chi connectivity index (χ0n) is 56.8. The summed E-state index contributed by atoms with van der Waals surface area (Å²) in [6.45, 7) is 26.3. The van der Waals surface area contributed by atoms with Gasteiger partial charge in [0, 0.05) is 32.2 Å². The van der Waals surface area contributed by atoms with Crippen LogP contribution in [0.5, 0.6) is 0 Å². The first-order valence-corrected chi connectivity index (χ1v) is 36.2. The smallest absolute Gasteiger partial charge is 0.309 e. The number of hydrogen-bond donors (Lipinski definition) is 0. The first-order chi connectivity index (χ1) is 42.8. The Morgan fingerprint density at radius 3 is 1.17 bits per heavy atom. The van der Waals surface area contributed by atoms with Crippen LogP contribution in [0.25, 0.3) is 0 Å². The molecular weight excluding hydrogens is 1100 g/mol. The second-order valence-corrected chi connectivity index (χ2v) is 32.6. The molecule has 5 aliphatic heterocycles. The van der Waals surface area contributed by atoms with Crippen LogP contribution in [0.2, 0.25) is 0 Å². The predicted molar refractivity (Wildman–Crippen MR) is 361 cm³/mol. The van der Waals surface area contributed by atoms with Crippen molar-refractivity contribution in [1.29, 1.82) is 0 Å². The molecule has 0 bridgehead atoms. The normalized spacial score (nSPS) is 41.3. The maximum atomic E-state index is 11.7. The van der Waals surface area contributed by atoms with E-state index < -0.39 is 0 Å². The molecule has 4 aromatic carbocycles. The van der Waals surface area contributed by atoms with Gasteiger partial charge in [-0.3, -0.25) is 9.59 Å². The van der Waals surface area contributed by atoms with E-state index in [1.807, 2.05) is 0 Å². The molecule has 0 radical (unpaired) electrons. The fourth-order valence-electron chi connectivity index (χ4n) is 19.9. The molecule has 0 spiro atoms. The van der Waals surface area contributed by atoms with Crippen molar-refractivity contribution in [1.82, 2.24) is 0 Å². The van der Waals surface area contributed by atoms with Gasteiger partial charge in [-0.05, 0) is 218 Å². The fraction of sp³-hybridized carbons (Fsp3) is 0.683. The fourth-order valence-corrected chi connectivity index (χ4v) is 19.9. The second kappa shape index (κ2) is 28.5. The largest absolute Gasteiger partial charge is 0.462 e. The Labute approximate surface area is 539 Å². The third-order valence-electron chi connectivity index (χ3n) is 26.3. The molecule has 5 heterocycles. The molecule has 4 aromatic rings. The third-order valence-corrected chi connectivity index (χ3v) is 26.3. The highest BCUT2D eigenvalue weighted by atomic mass is 16.6. The van der Waals surface area contributed by atoms with Crippen LogP contribution in [-0.4, -0.2) is 62.3 Å². The molecule has 89 heavy (non-hydrogen) atoms. The summed E-state index contributed by atoms with van der Waals surface area (Å²) in [5.41, 5.74) is 7.40. The predicted octanol–water partition coefficient (Wildman–Crippen LogP) is 19.4. The summed E-state index contributed by atoms with van der Waals surface area (Å²) in [5, 5.41) is 0. The van der Waals surface area contributed by atoms with Crippen LogP contribution in [0.3, 0.4) is 0 Å². The van der Waals surface area contributed by atoms with Crippen LogP contribution in [0.15, 0.2) is 121 Å². The number of carbonyl (C=O) groups excluding carboxylic acids is 2.